The number of nitrogens with zero attached hydrogens (tertiary/aromatic N) is 4. The molecule has 1 saturated heterocycles. The Labute approximate surface area is 146 Å². The summed E-state index contributed by atoms with van der Waals surface area (Å²) in [7, 11) is 0. The molecule has 2 aromatic heterocycles. The van der Waals surface area contributed by atoms with Gasteiger partial charge in [0.1, 0.15) is 17.9 Å². The molecule has 0 bridgehead atoms. The second kappa shape index (κ2) is 7.62. The zero-order chi connectivity index (χ0) is 17.6. The standard InChI is InChI=1S/C18H19N5O2/c1-13(24)22-10-14-2-5-21-11-18(14)25-16-4-7-23(12-16)17-3-6-20-9-15(17)8-19/h2-3,5-6,9,11,16H,4,7,10,12H2,1H3,(H,22,24)/t16-/m0/s1. The molecule has 1 N–H and O–H groups in total. The normalized spacial score (nSPS) is 16.3. The molecule has 0 radical (unpaired) electrons. The van der Waals surface area contributed by atoms with E-state index in [1.807, 2.05) is 12.1 Å². The van der Waals surface area contributed by atoms with Gasteiger partial charge in [0.15, 0.2) is 0 Å². The summed E-state index contributed by atoms with van der Waals surface area (Å²) >= 11 is 0. The van der Waals surface area contributed by atoms with Crippen LogP contribution in [0.2, 0.25) is 0 Å². The first-order valence-electron chi connectivity index (χ1n) is 8.10. The number of anilines is 1. The first kappa shape index (κ1) is 16.7. The van der Waals surface area contributed by atoms with Gasteiger partial charge in [0, 0.05) is 50.6 Å². The van der Waals surface area contributed by atoms with E-state index in [4.69, 9.17) is 4.74 Å². The Morgan fingerprint density at radius 1 is 1.40 bits per heavy atom. The second-order valence-corrected chi connectivity index (χ2v) is 5.87. The minimum Gasteiger partial charge on any atom is -0.487 e. The molecule has 128 valence electrons. The maximum atomic E-state index is 11.1. The third kappa shape index (κ3) is 4.04. The van der Waals surface area contributed by atoms with Gasteiger partial charge in [-0.3, -0.25) is 14.8 Å². The lowest BCUT2D eigenvalue weighted by Gasteiger charge is -2.20. The van der Waals surface area contributed by atoms with Crippen molar-refractivity contribution >= 4 is 11.6 Å². The molecule has 3 heterocycles. The molecule has 7 nitrogen and oxygen atoms in total. The van der Waals surface area contributed by atoms with Crippen LogP contribution >= 0.6 is 0 Å². The highest BCUT2D eigenvalue weighted by Gasteiger charge is 2.26. The maximum absolute atomic E-state index is 11.1. The summed E-state index contributed by atoms with van der Waals surface area (Å²) in [5, 5.41) is 12.0. The Hall–Kier alpha value is -3.14. The van der Waals surface area contributed by atoms with Crippen LogP contribution in [0.25, 0.3) is 0 Å². The summed E-state index contributed by atoms with van der Waals surface area (Å²) < 4.78 is 6.11. The van der Waals surface area contributed by atoms with Crippen LogP contribution in [0, 0.1) is 11.3 Å². The maximum Gasteiger partial charge on any atom is 0.217 e. The molecule has 1 atom stereocenters. The first-order chi connectivity index (χ1) is 12.2. The lowest BCUT2D eigenvalue weighted by atomic mass is 10.2. The highest BCUT2D eigenvalue weighted by Crippen LogP contribution is 2.26. The van der Waals surface area contributed by atoms with Crippen LogP contribution in [-0.2, 0) is 11.3 Å². The topological polar surface area (TPSA) is 91.1 Å². The van der Waals surface area contributed by atoms with Crippen molar-refractivity contribution in [3.8, 4) is 11.8 Å². The predicted molar refractivity (Wildman–Crippen MR) is 92.0 cm³/mol. The van der Waals surface area contributed by atoms with Crippen molar-refractivity contribution < 1.29 is 9.53 Å². The molecule has 2 aromatic rings. The third-order valence-electron chi connectivity index (χ3n) is 4.10. The number of aromatic nitrogens is 2. The average Bonchev–Trinajstić information content (AvgIpc) is 3.09. The molecule has 1 fully saturated rings. The molecule has 1 aliphatic rings. The monoisotopic (exact) mass is 337 g/mol. The van der Waals surface area contributed by atoms with E-state index in [9.17, 15) is 10.1 Å². The van der Waals surface area contributed by atoms with Crippen molar-refractivity contribution in [2.45, 2.75) is 26.0 Å². The summed E-state index contributed by atoms with van der Waals surface area (Å²) in [5.41, 5.74) is 2.34. The largest absolute Gasteiger partial charge is 0.487 e. The molecule has 1 aliphatic heterocycles. The van der Waals surface area contributed by atoms with Crippen LogP contribution in [0.15, 0.2) is 36.9 Å². The van der Waals surface area contributed by atoms with Crippen molar-refractivity contribution in [3.63, 3.8) is 0 Å². The van der Waals surface area contributed by atoms with E-state index in [-0.39, 0.29) is 12.0 Å². The van der Waals surface area contributed by atoms with E-state index in [2.05, 4.69) is 26.3 Å². The van der Waals surface area contributed by atoms with Gasteiger partial charge in [0.2, 0.25) is 5.91 Å². The Morgan fingerprint density at radius 3 is 3.00 bits per heavy atom. The van der Waals surface area contributed by atoms with Crippen LogP contribution in [0.5, 0.6) is 5.75 Å². The SMILES string of the molecule is CC(=O)NCc1ccncc1O[C@H]1CCN(c2ccncc2C#N)C1. The molecule has 0 aliphatic carbocycles. The highest BCUT2D eigenvalue weighted by molar-refractivity contribution is 5.72. The summed E-state index contributed by atoms with van der Waals surface area (Å²) in [4.78, 5) is 21.4. The van der Waals surface area contributed by atoms with Gasteiger partial charge in [-0.15, -0.1) is 0 Å². The van der Waals surface area contributed by atoms with Crippen LogP contribution in [0.3, 0.4) is 0 Å². The highest BCUT2D eigenvalue weighted by atomic mass is 16.5. The van der Waals surface area contributed by atoms with Gasteiger partial charge >= 0.3 is 0 Å². The third-order valence-corrected chi connectivity index (χ3v) is 4.10. The Kier molecular flexibility index (Phi) is 5.09. The van der Waals surface area contributed by atoms with Gasteiger partial charge in [0.05, 0.1) is 24.0 Å². The number of carbonyl (C=O) groups excluding carboxylic acids is 1. The van der Waals surface area contributed by atoms with Crippen LogP contribution in [-0.4, -0.2) is 35.1 Å². The fourth-order valence-electron chi connectivity index (χ4n) is 2.85. The number of nitrogens with one attached hydrogen (secondary N) is 1. The van der Waals surface area contributed by atoms with E-state index in [0.717, 1.165) is 24.2 Å². The van der Waals surface area contributed by atoms with Crippen LogP contribution in [0.1, 0.15) is 24.5 Å². The smallest absolute Gasteiger partial charge is 0.217 e. The molecule has 25 heavy (non-hydrogen) atoms. The molecule has 0 unspecified atom stereocenters. The summed E-state index contributed by atoms with van der Waals surface area (Å²) in [6, 6.07) is 5.87. The van der Waals surface area contributed by atoms with Gasteiger partial charge < -0.3 is 15.0 Å². The minimum atomic E-state index is -0.0866. The lowest BCUT2D eigenvalue weighted by Crippen LogP contribution is -2.26. The number of rotatable bonds is 5. The quantitative estimate of drug-likeness (QED) is 0.892. The minimum absolute atomic E-state index is 0.0000128. The second-order valence-electron chi connectivity index (χ2n) is 5.87. The van der Waals surface area contributed by atoms with Crippen molar-refractivity contribution in [2.75, 3.05) is 18.0 Å². The molecule has 3 rings (SSSR count). The number of amides is 1. The van der Waals surface area contributed by atoms with Crippen LogP contribution in [0.4, 0.5) is 5.69 Å². The number of carbonyl (C=O) groups is 1. The van der Waals surface area contributed by atoms with Gasteiger partial charge in [0.25, 0.3) is 0 Å². The van der Waals surface area contributed by atoms with E-state index >= 15 is 0 Å². The summed E-state index contributed by atoms with van der Waals surface area (Å²) in [6.45, 7) is 3.39. The van der Waals surface area contributed by atoms with Gasteiger partial charge in [-0.05, 0) is 12.1 Å². The average molecular weight is 337 g/mol. The molecule has 7 heteroatoms. The summed E-state index contributed by atoms with van der Waals surface area (Å²) in [5.74, 6) is 0.592. The molecular weight excluding hydrogens is 318 g/mol. The Balaban J connectivity index is 1.68. The Bertz CT molecular complexity index is 802. The number of nitriles is 1. The number of ether oxygens (including phenoxy) is 1. The van der Waals surface area contributed by atoms with Crippen molar-refractivity contribution in [2.24, 2.45) is 0 Å². The summed E-state index contributed by atoms with van der Waals surface area (Å²) in [6.07, 6.45) is 7.48. The molecule has 0 spiro atoms. The zero-order valence-corrected chi connectivity index (χ0v) is 14.0. The fourth-order valence-corrected chi connectivity index (χ4v) is 2.85. The number of hydrogen-bond acceptors (Lipinski definition) is 6. The van der Waals surface area contributed by atoms with E-state index in [1.54, 1.807) is 24.8 Å². The predicted octanol–water partition coefficient (Wildman–Crippen LogP) is 1.64. The lowest BCUT2D eigenvalue weighted by molar-refractivity contribution is -0.119. The van der Waals surface area contributed by atoms with Gasteiger partial charge in [-0.2, -0.15) is 5.26 Å². The van der Waals surface area contributed by atoms with Gasteiger partial charge in [-0.1, -0.05) is 0 Å². The van der Waals surface area contributed by atoms with E-state index in [1.165, 1.54) is 6.92 Å². The van der Waals surface area contributed by atoms with Crippen molar-refractivity contribution in [1.29, 1.82) is 5.26 Å². The van der Waals surface area contributed by atoms with Gasteiger partial charge in [-0.25, -0.2) is 0 Å². The Morgan fingerprint density at radius 2 is 2.20 bits per heavy atom. The van der Waals surface area contributed by atoms with Crippen molar-refractivity contribution in [1.82, 2.24) is 15.3 Å². The molecule has 0 aromatic carbocycles. The molecule has 0 saturated carbocycles. The van der Waals surface area contributed by atoms with E-state index < -0.39 is 0 Å². The van der Waals surface area contributed by atoms with E-state index in [0.29, 0.717) is 24.4 Å². The number of pyridine rings is 2. The van der Waals surface area contributed by atoms with Crippen molar-refractivity contribution in [3.05, 3.63) is 48.0 Å². The molecular formula is C18H19N5O2. The fraction of sp³-hybridized carbons (Fsp3) is 0.333. The molecule has 1 amide bonds. The van der Waals surface area contributed by atoms with Crippen LogP contribution < -0.4 is 15.0 Å². The zero-order valence-electron chi connectivity index (χ0n) is 14.0. The first-order valence-corrected chi connectivity index (χ1v) is 8.10. The number of hydrogen-bond donors (Lipinski definition) is 1.